The van der Waals surface area contributed by atoms with Crippen LogP contribution >= 0.6 is 0 Å². The summed E-state index contributed by atoms with van der Waals surface area (Å²) in [5.74, 6) is 1.10. The molecule has 0 bridgehead atoms. The van der Waals surface area contributed by atoms with Crippen LogP contribution in [0.2, 0.25) is 0 Å². The van der Waals surface area contributed by atoms with Crippen molar-refractivity contribution in [1.29, 1.82) is 0 Å². The van der Waals surface area contributed by atoms with Crippen LogP contribution < -0.4 is 5.73 Å². The number of imidazole rings is 1. The first kappa shape index (κ1) is 13.6. The number of aromatic nitrogens is 2. The normalized spacial score (nSPS) is 27.0. The predicted octanol–water partition coefficient (Wildman–Crippen LogP) is 1.76. The molecule has 2 N–H and O–H groups in total. The van der Waals surface area contributed by atoms with Crippen LogP contribution in [-0.4, -0.2) is 33.6 Å². The molecule has 1 unspecified atom stereocenters. The summed E-state index contributed by atoms with van der Waals surface area (Å²) in [7, 11) is 4.24. The van der Waals surface area contributed by atoms with Crippen molar-refractivity contribution in [3.8, 4) is 0 Å². The summed E-state index contributed by atoms with van der Waals surface area (Å²) in [5.41, 5.74) is 6.53. The lowest BCUT2D eigenvalue weighted by Crippen LogP contribution is -2.58. The second kappa shape index (κ2) is 4.67. The molecule has 0 amide bonds. The van der Waals surface area contributed by atoms with Crippen molar-refractivity contribution >= 4 is 0 Å². The number of nitrogens with zero attached hydrogens (tertiary/aromatic N) is 3. The summed E-state index contributed by atoms with van der Waals surface area (Å²) in [6, 6.07) is 0. The van der Waals surface area contributed by atoms with E-state index in [-0.39, 0.29) is 11.0 Å². The van der Waals surface area contributed by atoms with Gasteiger partial charge in [-0.05, 0) is 25.3 Å². The van der Waals surface area contributed by atoms with E-state index in [0.717, 1.165) is 18.9 Å². The number of rotatable bonds is 4. The first-order chi connectivity index (χ1) is 8.43. The molecule has 0 aliphatic heterocycles. The second-order valence-electron chi connectivity index (χ2n) is 6.28. The number of nitrogens with two attached hydrogens (primary N) is 1. The third-order valence-electron chi connectivity index (χ3n) is 5.02. The lowest BCUT2D eigenvalue weighted by molar-refractivity contribution is 0.0253. The standard InChI is InChI=1S/C14H26N4/c1-13(2)6-5-7-14(13,11-15)18(4)10-12-16-8-9-17(12)3/h8-9H,5-7,10-11,15H2,1-4H3. The van der Waals surface area contributed by atoms with E-state index >= 15 is 0 Å². The summed E-state index contributed by atoms with van der Waals surface area (Å²) < 4.78 is 2.09. The van der Waals surface area contributed by atoms with Crippen LogP contribution in [0.1, 0.15) is 38.9 Å². The van der Waals surface area contributed by atoms with Gasteiger partial charge in [-0.3, -0.25) is 4.90 Å². The molecule has 2 rings (SSSR count). The average molecular weight is 250 g/mol. The van der Waals surface area contributed by atoms with E-state index in [1.807, 2.05) is 19.4 Å². The smallest absolute Gasteiger partial charge is 0.122 e. The predicted molar refractivity (Wildman–Crippen MR) is 74.1 cm³/mol. The van der Waals surface area contributed by atoms with Crippen molar-refractivity contribution in [2.75, 3.05) is 13.6 Å². The van der Waals surface area contributed by atoms with Gasteiger partial charge in [0.05, 0.1) is 6.54 Å². The van der Waals surface area contributed by atoms with Gasteiger partial charge in [-0.1, -0.05) is 20.3 Å². The Kier molecular flexibility index (Phi) is 3.52. The van der Waals surface area contributed by atoms with Gasteiger partial charge in [0.1, 0.15) is 5.82 Å². The molecule has 0 spiro atoms. The van der Waals surface area contributed by atoms with Gasteiger partial charge in [-0.2, -0.15) is 0 Å². The maximum absolute atomic E-state index is 6.14. The highest BCUT2D eigenvalue weighted by Gasteiger charge is 2.50. The molecule has 0 radical (unpaired) electrons. The number of likely N-dealkylation sites (N-methyl/N-ethyl adjacent to an activating group) is 1. The van der Waals surface area contributed by atoms with E-state index in [1.54, 1.807) is 0 Å². The molecule has 18 heavy (non-hydrogen) atoms. The summed E-state index contributed by atoms with van der Waals surface area (Å²) in [5, 5.41) is 0. The second-order valence-corrected chi connectivity index (χ2v) is 6.28. The summed E-state index contributed by atoms with van der Waals surface area (Å²) in [6.45, 7) is 6.29. The van der Waals surface area contributed by atoms with Crippen LogP contribution in [0.25, 0.3) is 0 Å². The Hall–Kier alpha value is -0.870. The molecule has 1 aliphatic carbocycles. The van der Waals surface area contributed by atoms with Crippen LogP contribution in [0.5, 0.6) is 0 Å². The Bertz CT molecular complexity index is 410. The van der Waals surface area contributed by atoms with Gasteiger partial charge in [0.15, 0.2) is 0 Å². The fourth-order valence-corrected chi connectivity index (χ4v) is 3.55. The third kappa shape index (κ3) is 1.97. The van der Waals surface area contributed by atoms with Gasteiger partial charge < -0.3 is 10.3 Å². The molecule has 1 aliphatic rings. The number of aryl methyl sites for hydroxylation is 1. The highest BCUT2D eigenvalue weighted by Crippen LogP contribution is 2.48. The minimum absolute atomic E-state index is 0.110. The first-order valence-corrected chi connectivity index (χ1v) is 6.80. The van der Waals surface area contributed by atoms with Crippen molar-refractivity contribution < 1.29 is 0 Å². The van der Waals surface area contributed by atoms with E-state index in [4.69, 9.17) is 5.73 Å². The highest BCUT2D eigenvalue weighted by molar-refractivity contribution is 5.07. The van der Waals surface area contributed by atoms with Crippen molar-refractivity contribution in [2.24, 2.45) is 18.2 Å². The van der Waals surface area contributed by atoms with Crippen molar-refractivity contribution in [1.82, 2.24) is 14.5 Å². The Labute approximate surface area is 110 Å². The summed E-state index contributed by atoms with van der Waals surface area (Å²) >= 11 is 0. The van der Waals surface area contributed by atoms with E-state index in [0.29, 0.717) is 0 Å². The zero-order chi connectivity index (χ0) is 13.4. The van der Waals surface area contributed by atoms with Gasteiger partial charge >= 0.3 is 0 Å². The van der Waals surface area contributed by atoms with Gasteiger partial charge in [0.2, 0.25) is 0 Å². The molecular weight excluding hydrogens is 224 g/mol. The Morgan fingerprint density at radius 3 is 2.61 bits per heavy atom. The largest absolute Gasteiger partial charge is 0.337 e. The molecule has 1 aromatic heterocycles. The van der Waals surface area contributed by atoms with Gasteiger partial charge in [-0.25, -0.2) is 4.98 Å². The Morgan fingerprint density at radius 1 is 1.44 bits per heavy atom. The van der Waals surface area contributed by atoms with Crippen LogP contribution in [0.15, 0.2) is 12.4 Å². The van der Waals surface area contributed by atoms with E-state index in [9.17, 15) is 0 Å². The molecule has 4 nitrogen and oxygen atoms in total. The fourth-order valence-electron chi connectivity index (χ4n) is 3.55. The monoisotopic (exact) mass is 250 g/mol. The van der Waals surface area contributed by atoms with E-state index < -0.39 is 0 Å². The minimum atomic E-state index is 0.110. The van der Waals surface area contributed by atoms with Gasteiger partial charge in [0.25, 0.3) is 0 Å². The molecular formula is C14H26N4. The molecule has 4 heteroatoms. The molecule has 102 valence electrons. The first-order valence-electron chi connectivity index (χ1n) is 6.80. The lowest BCUT2D eigenvalue weighted by atomic mass is 9.74. The maximum Gasteiger partial charge on any atom is 0.122 e. The SMILES string of the molecule is CN(Cc1nccn1C)C1(CN)CCCC1(C)C. The van der Waals surface area contributed by atoms with Crippen LogP contribution in [-0.2, 0) is 13.6 Å². The topological polar surface area (TPSA) is 47.1 Å². The van der Waals surface area contributed by atoms with Crippen LogP contribution in [0.3, 0.4) is 0 Å². The average Bonchev–Trinajstić information content (AvgIpc) is 2.83. The van der Waals surface area contributed by atoms with E-state index in [2.05, 4.69) is 35.3 Å². The molecule has 1 saturated carbocycles. The Morgan fingerprint density at radius 2 is 2.17 bits per heavy atom. The zero-order valence-electron chi connectivity index (χ0n) is 12.1. The quantitative estimate of drug-likeness (QED) is 0.886. The van der Waals surface area contributed by atoms with Crippen LogP contribution in [0.4, 0.5) is 0 Å². The number of hydrogen-bond donors (Lipinski definition) is 1. The van der Waals surface area contributed by atoms with Crippen molar-refractivity contribution in [3.05, 3.63) is 18.2 Å². The Balaban J connectivity index is 2.21. The number of hydrogen-bond acceptors (Lipinski definition) is 3. The molecule has 1 heterocycles. The lowest BCUT2D eigenvalue weighted by Gasteiger charge is -2.47. The fraction of sp³-hybridized carbons (Fsp3) is 0.786. The molecule has 1 atom stereocenters. The van der Waals surface area contributed by atoms with Crippen molar-refractivity contribution in [2.45, 2.75) is 45.2 Å². The summed E-state index contributed by atoms with van der Waals surface area (Å²) in [4.78, 5) is 6.84. The molecule has 1 fully saturated rings. The van der Waals surface area contributed by atoms with E-state index in [1.165, 1.54) is 19.3 Å². The molecule has 0 aromatic carbocycles. The molecule has 1 aromatic rings. The van der Waals surface area contributed by atoms with Crippen molar-refractivity contribution in [3.63, 3.8) is 0 Å². The highest BCUT2D eigenvalue weighted by atomic mass is 15.2. The van der Waals surface area contributed by atoms with Crippen LogP contribution in [0, 0.1) is 5.41 Å². The summed E-state index contributed by atoms with van der Waals surface area (Å²) in [6.07, 6.45) is 7.58. The third-order valence-corrected chi connectivity index (χ3v) is 5.02. The van der Waals surface area contributed by atoms with Gasteiger partial charge in [0, 0.05) is 31.5 Å². The van der Waals surface area contributed by atoms with Gasteiger partial charge in [-0.15, -0.1) is 0 Å². The minimum Gasteiger partial charge on any atom is -0.337 e. The zero-order valence-corrected chi connectivity index (χ0v) is 12.1. The molecule has 0 saturated heterocycles. The maximum atomic E-state index is 6.14.